The highest BCUT2D eigenvalue weighted by molar-refractivity contribution is 7.92. The lowest BCUT2D eigenvalue weighted by Crippen LogP contribution is -2.24. The van der Waals surface area contributed by atoms with E-state index in [0.717, 1.165) is 17.8 Å². The third-order valence-corrected chi connectivity index (χ3v) is 9.49. The van der Waals surface area contributed by atoms with Gasteiger partial charge in [0.2, 0.25) is 0 Å². The summed E-state index contributed by atoms with van der Waals surface area (Å²) in [6.45, 7) is 12.3. The van der Waals surface area contributed by atoms with E-state index >= 15 is 0 Å². The van der Waals surface area contributed by atoms with Gasteiger partial charge in [-0.2, -0.15) is 13.2 Å². The minimum absolute atomic E-state index is 0.165. The molecule has 2 aromatic rings. The summed E-state index contributed by atoms with van der Waals surface area (Å²) in [4.78, 5) is 1.08. The standard InChI is InChI=1S/C30H31ClF3NO2S/c1-18-8-12-22-19(2)23(28(3,4)24(22)16-18)13-9-20(31)10-15-27-29(5,6)25-17-21(11-14-26(25)35(27)7)38(36,37)30(32,33)34/h8-17H,1-7H3/b13-9+,20-10-,27-15-. The summed E-state index contributed by atoms with van der Waals surface area (Å²) >= 11 is 6.59. The molecule has 0 amide bonds. The van der Waals surface area contributed by atoms with Crippen LogP contribution in [0.2, 0.25) is 0 Å². The Morgan fingerprint density at radius 1 is 0.974 bits per heavy atom. The first-order chi connectivity index (χ1) is 17.4. The fourth-order valence-corrected chi connectivity index (χ4v) is 6.50. The summed E-state index contributed by atoms with van der Waals surface area (Å²) in [6.07, 6.45) is 7.46. The van der Waals surface area contributed by atoms with Gasteiger partial charge >= 0.3 is 5.51 Å². The van der Waals surface area contributed by atoms with Crippen LogP contribution >= 0.6 is 11.6 Å². The molecule has 0 radical (unpaired) electrons. The summed E-state index contributed by atoms with van der Waals surface area (Å²) < 4.78 is 63.4. The molecule has 0 N–H and O–H groups in total. The second kappa shape index (κ2) is 9.16. The van der Waals surface area contributed by atoms with Crippen LogP contribution in [0.4, 0.5) is 18.9 Å². The molecule has 0 atom stereocenters. The number of sulfone groups is 1. The fraction of sp³-hybridized carbons (Fsp3) is 0.333. The SMILES string of the molecule is CC1=C(/C=C/C(Cl)=C/C=C2\N(C)c3ccc(S(=O)(=O)C(F)(F)F)cc3C2(C)C)C(C)(C)c2cc(C)ccc21. The fourth-order valence-electron chi connectivity index (χ4n) is 5.59. The molecule has 0 spiro atoms. The molecule has 2 aromatic carbocycles. The van der Waals surface area contributed by atoms with Gasteiger partial charge < -0.3 is 4.90 Å². The Balaban J connectivity index is 1.65. The number of halogens is 4. The Labute approximate surface area is 227 Å². The van der Waals surface area contributed by atoms with Gasteiger partial charge in [-0.1, -0.05) is 69.1 Å². The second-order valence-electron chi connectivity index (χ2n) is 11.0. The van der Waals surface area contributed by atoms with Crippen molar-refractivity contribution in [2.45, 2.75) is 62.8 Å². The lowest BCUT2D eigenvalue weighted by molar-refractivity contribution is -0.0436. The lowest BCUT2D eigenvalue weighted by atomic mass is 9.80. The van der Waals surface area contributed by atoms with E-state index in [1.54, 1.807) is 13.1 Å². The summed E-state index contributed by atoms with van der Waals surface area (Å²) in [6, 6.07) is 10.0. The van der Waals surface area contributed by atoms with Crippen molar-refractivity contribution in [2.24, 2.45) is 0 Å². The molecular formula is C30H31ClF3NO2S. The normalized spacial score (nSPS) is 20.0. The predicted molar refractivity (Wildman–Crippen MR) is 149 cm³/mol. The van der Waals surface area contributed by atoms with Gasteiger partial charge in [-0.3, -0.25) is 0 Å². The number of hydrogen-bond donors (Lipinski definition) is 0. The Kier molecular flexibility index (Phi) is 6.81. The van der Waals surface area contributed by atoms with E-state index in [-0.39, 0.29) is 5.41 Å². The van der Waals surface area contributed by atoms with Gasteiger partial charge in [0.1, 0.15) is 0 Å². The number of rotatable bonds is 4. The van der Waals surface area contributed by atoms with Gasteiger partial charge in [0.25, 0.3) is 9.84 Å². The van der Waals surface area contributed by atoms with Crippen LogP contribution < -0.4 is 4.90 Å². The average molecular weight is 562 g/mol. The Morgan fingerprint density at radius 3 is 2.26 bits per heavy atom. The minimum Gasteiger partial charge on any atom is -0.347 e. The van der Waals surface area contributed by atoms with E-state index < -0.39 is 25.7 Å². The molecule has 1 aliphatic heterocycles. The molecule has 0 aromatic heterocycles. The monoisotopic (exact) mass is 561 g/mol. The zero-order valence-electron chi connectivity index (χ0n) is 22.5. The van der Waals surface area contributed by atoms with Gasteiger partial charge in [-0.25, -0.2) is 8.42 Å². The predicted octanol–water partition coefficient (Wildman–Crippen LogP) is 8.34. The molecule has 3 nitrogen and oxygen atoms in total. The van der Waals surface area contributed by atoms with Gasteiger partial charge in [-0.15, -0.1) is 0 Å². The van der Waals surface area contributed by atoms with Gasteiger partial charge in [0.15, 0.2) is 0 Å². The highest BCUT2D eigenvalue weighted by atomic mass is 35.5. The third-order valence-electron chi connectivity index (χ3n) is 7.76. The van der Waals surface area contributed by atoms with Crippen molar-refractivity contribution in [1.29, 1.82) is 0 Å². The van der Waals surface area contributed by atoms with Gasteiger partial charge in [0.05, 0.1) is 4.90 Å². The maximum absolute atomic E-state index is 13.1. The molecule has 202 valence electrons. The second-order valence-corrected chi connectivity index (χ2v) is 13.3. The highest BCUT2D eigenvalue weighted by Crippen LogP contribution is 2.49. The zero-order valence-corrected chi connectivity index (χ0v) is 24.0. The molecular weight excluding hydrogens is 531 g/mol. The number of benzene rings is 2. The Hall–Kier alpha value is -2.77. The summed E-state index contributed by atoms with van der Waals surface area (Å²) in [7, 11) is -3.65. The van der Waals surface area contributed by atoms with Crippen LogP contribution in [0.25, 0.3) is 5.57 Å². The summed E-state index contributed by atoms with van der Waals surface area (Å²) in [5, 5.41) is 0.487. The van der Waals surface area contributed by atoms with Gasteiger partial charge in [-0.05, 0) is 78.1 Å². The number of allylic oxidation sites excluding steroid dienone is 8. The Morgan fingerprint density at radius 2 is 1.63 bits per heavy atom. The van der Waals surface area contributed by atoms with Crippen molar-refractivity contribution in [3.05, 3.63) is 99.3 Å². The number of hydrogen-bond acceptors (Lipinski definition) is 3. The first kappa shape index (κ1) is 28.2. The van der Waals surface area contributed by atoms with E-state index in [0.29, 0.717) is 16.3 Å². The number of alkyl halides is 3. The van der Waals surface area contributed by atoms with Crippen molar-refractivity contribution in [1.82, 2.24) is 0 Å². The number of nitrogens with zero attached hydrogens (tertiary/aromatic N) is 1. The summed E-state index contributed by atoms with van der Waals surface area (Å²) in [5.74, 6) is 0. The third kappa shape index (κ3) is 4.43. The molecule has 0 saturated carbocycles. The van der Waals surface area contributed by atoms with Crippen LogP contribution in [0, 0.1) is 6.92 Å². The zero-order chi connectivity index (χ0) is 28.4. The van der Waals surface area contributed by atoms with E-state index in [1.807, 2.05) is 37.0 Å². The van der Waals surface area contributed by atoms with Crippen LogP contribution in [-0.2, 0) is 20.7 Å². The first-order valence-corrected chi connectivity index (χ1v) is 14.1. The van der Waals surface area contributed by atoms with Gasteiger partial charge in [0, 0.05) is 34.3 Å². The maximum atomic E-state index is 13.1. The van der Waals surface area contributed by atoms with Crippen LogP contribution in [0.15, 0.2) is 81.9 Å². The van der Waals surface area contributed by atoms with Crippen LogP contribution in [0.3, 0.4) is 0 Å². The highest BCUT2D eigenvalue weighted by Gasteiger charge is 2.48. The summed E-state index contributed by atoms with van der Waals surface area (Å²) in [5.41, 5.74) is 1.78. The number of anilines is 1. The lowest BCUT2D eigenvalue weighted by Gasteiger charge is -2.24. The molecule has 1 aliphatic carbocycles. The largest absolute Gasteiger partial charge is 0.501 e. The first-order valence-electron chi connectivity index (χ1n) is 12.2. The Bertz CT molecular complexity index is 1560. The molecule has 4 rings (SSSR count). The average Bonchev–Trinajstić information content (AvgIpc) is 3.12. The molecule has 0 fully saturated rings. The minimum atomic E-state index is -5.45. The number of likely N-dealkylation sites (N-methyl/N-ethyl adjacent to an activating group) is 1. The van der Waals surface area contributed by atoms with Crippen LogP contribution in [0.5, 0.6) is 0 Å². The maximum Gasteiger partial charge on any atom is 0.501 e. The molecule has 0 saturated heterocycles. The molecule has 0 bridgehead atoms. The van der Waals surface area contributed by atoms with Crippen molar-refractivity contribution in [3.63, 3.8) is 0 Å². The smallest absolute Gasteiger partial charge is 0.347 e. The quantitative estimate of drug-likeness (QED) is 0.352. The van der Waals surface area contributed by atoms with Crippen molar-refractivity contribution in [2.75, 3.05) is 11.9 Å². The van der Waals surface area contributed by atoms with E-state index in [1.165, 1.54) is 33.9 Å². The van der Waals surface area contributed by atoms with Crippen LogP contribution in [-0.4, -0.2) is 21.0 Å². The van der Waals surface area contributed by atoms with E-state index in [9.17, 15) is 21.6 Å². The van der Waals surface area contributed by atoms with Crippen molar-refractivity contribution in [3.8, 4) is 0 Å². The molecule has 1 heterocycles. The molecule has 0 unspecified atom stereocenters. The molecule has 8 heteroatoms. The molecule has 38 heavy (non-hydrogen) atoms. The topological polar surface area (TPSA) is 37.4 Å². The molecule has 2 aliphatic rings. The van der Waals surface area contributed by atoms with Crippen molar-refractivity contribution >= 4 is 32.7 Å². The van der Waals surface area contributed by atoms with Crippen molar-refractivity contribution < 1.29 is 21.6 Å². The van der Waals surface area contributed by atoms with Crippen LogP contribution in [0.1, 0.15) is 56.9 Å². The van der Waals surface area contributed by atoms with E-state index in [2.05, 4.69) is 45.9 Å². The number of aryl methyl sites for hydroxylation is 1. The number of fused-ring (bicyclic) bond motifs is 2. The van der Waals surface area contributed by atoms with E-state index in [4.69, 9.17) is 11.6 Å².